The zero-order valence-electron chi connectivity index (χ0n) is 13.5. The Balaban J connectivity index is 2.10. The van der Waals surface area contributed by atoms with Crippen LogP contribution in [-0.2, 0) is 4.79 Å². The number of carbonyl (C=O) groups excluding carboxylic acids is 1. The van der Waals surface area contributed by atoms with Gasteiger partial charge in [-0.3, -0.25) is 9.48 Å². The lowest BCUT2D eigenvalue weighted by Crippen LogP contribution is -2.19. The molecule has 0 unspecified atom stereocenters. The molecule has 0 fully saturated rings. The zero-order chi connectivity index (χ0) is 17.1. The summed E-state index contributed by atoms with van der Waals surface area (Å²) in [5, 5.41) is 8.36. The predicted octanol–water partition coefficient (Wildman–Crippen LogP) is 4.41. The number of nitrogens with zero attached hydrogens (tertiary/aromatic N) is 2. The summed E-state index contributed by atoms with van der Waals surface area (Å²) in [4.78, 5) is 12.3. The van der Waals surface area contributed by atoms with Crippen LogP contribution in [-0.4, -0.2) is 22.8 Å². The Morgan fingerprint density at radius 1 is 1.39 bits per heavy atom. The van der Waals surface area contributed by atoms with Gasteiger partial charge in [-0.15, -0.1) is 0 Å². The average molecular weight is 356 g/mol. The Labute approximate surface area is 145 Å². The van der Waals surface area contributed by atoms with Crippen molar-refractivity contribution >= 4 is 34.8 Å². The third kappa shape index (κ3) is 3.98. The van der Waals surface area contributed by atoms with Crippen LogP contribution in [0.5, 0.6) is 5.75 Å². The quantitative estimate of drug-likeness (QED) is 0.864. The fourth-order valence-corrected chi connectivity index (χ4v) is 2.70. The number of hydrogen-bond donors (Lipinski definition) is 1. The summed E-state index contributed by atoms with van der Waals surface area (Å²) in [6.45, 7) is 5.65. The molecule has 1 aromatic carbocycles. The van der Waals surface area contributed by atoms with E-state index in [1.165, 1.54) is 0 Å². The largest absolute Gasteiger partial charge is 0.495 e. The molecule has 2 aromatic rings. The summed E-state index contributed by atoms with van der Waals surface area (Å²) < 4.78 is 6.99. The molecule has 2 rings (SSSR count). The van der Waals surface area contributed by atoms with Gasteiger partial charge in [0.2, 0.25) is 5.91 Å². The van der Waals surface area contributed by atoms with Gasteiger partial charge in [0.25, 0.3) is 0 Å². The van der Waals surface area contributed by atoms with E-state index in [9.17, 15) is 4.79 Å². The van der Waals surface area contributed by atoms with Gasteiger partial charge in [-0.05, 0) is 39.0 Å². The second kappa shape index (κ2) is 7.23. The minimum absolute atomic E-state index is 0.119. The lowest BCUT2D eigenvalue weighted by atomic mass is 10.2. The van der Waals surface area contributed by atoms with Gasteiger partial charge in [-0.2, -0.15) is 5.10 Å². The van der Waals surface area contributed by atoms with Gasteiger partial charge >= 0.3 is 0 Å². The molecular formula is C16H19Cl2N3O2. The highest BCUT2D eigenvalue weighted by atomic mass is 35.5. The molecule has 0 saturated heterocycles. The normalized spacial score (nSPS) is 12.1. The first-order chi connectivity index (χ1) is 10.8. The van der Waals surface area contributed by atoms with E-state index in [0.717, 1.165) is 11.4 Å². The second-order valence-corrected chi connectivity index (χ2v) is 6.19. The van der Waals surface area contributed by atoms with Crippen LogP contribution >= 0.6 is 23.2 Å². The summed E-state index contributed by atoms with van der Waals surface area (Å²) in [5.41, 5.74) is 2.15. The number of aromatic nitrogens is 2. The molecule has 1 heterocycles. The first-order valence-electron chi connectivity index (χ1n) is 7.18. The number of nitrogens with one attached hydrogen (secondary N) is 1. The number of anilines is 1. The van der Waals surface area contributed by atoms with Crippen molar-refractivity contribution in [1.82, 2.24) is 9.78 Å². The molecule has 0 aliphatic carbocycles. The van der Waals surface area contributed by atoms with Crippen LogP contribution in [0, 0.1) is 13.8 Å². The monoisotopic (exact) mass is 355 g/mol. The van der Waals surface area contributed by atoms with Crippen molar-refractivity contribution in [3.8, 4) is 5.75 Å². The summed E-state index contributed by atoms with van der Waals surface area (Å²) in [6.07, 6.45) is 0.258. The number of amides is 1. The molecule has 23 heavy (non-hydrogen) atoms. The first-order valence-corrected chi connectivity index (χ1v) is 7.93. The van der Waals surface area contributed by atoms with E-state index in [1.807, 2.05) is 20.8 Å². The van der Waals surface area contributed by atoms with Gasteiger partial charge in [0.05, 0.1) is 35.2 Å². The molecule has 1 amide bonds. The van der Waals surface area contributed by atoms with Crippen molar-refractivity contribution in [1.29, 1.82) is 0 Å². The second-order valence-electron chi connectivity index (χ2n) is 5.38. The minimum Gasteiger partial charge on any atom is -0.495 e. The smallest absolute Gasteiger partial charge is 0.226 e. The number of ether oxygens (including phenoxy) is 1. The van der Waals surface area contributed by atoms with E-state index < -0.39 is 0 Å². The molecule has 124 valence electrons. The van der Waals surface area contributed by atoms with Gasteiger partial charge in [-0.1, -0.05) is 23.2 Å². The molecule has 7 heteroatoms. The van der Waals surface area contributed by atoms with Gasteiger partial charge in [0, 0.05) is 11.4 Å². The maximum atomic E-state index is 12.3. The van der Waals surface area contributed by atoms with Gasteiger partial charge in [0.1, 0.15) is 5.75 Å². The maximum absolute atomic E-state index is 12.3. The van der Waals surface area contributed by atoms with Gasteiger partial charge in [-0.25, -0.2) is 0 Å². The van der Waals surface area contributed by atoms with Crippen LogP contribution in [0.2, 0.25) is 10.0 Å². The van der Waals surface area contributed by atoms with Crippen LogP contribution in [0.15, 0.2) is 18.2 Å². The fraction of sp³-hybridized carbons (Fsp3) is 0.375. The van der Waals surface area contributed by atoms with Crippen molar-refractivity contribution in [2.75, 3.05) is 12.4 Å². The van der Waals surface area contributed by atoms with Crippen molar-refractivity contribution in [3.63, 3.8) is 0 Å². The van der Waals surface area contributed by atoms with Gasteiger partial charge < -0.3 is 10.1 Å². The Bertz CT molecular complexity index is 728. The van der Waals surface area contributed by atoms with E-state index in [0.29, 0.717) is 21.5 Å². The molecule has 1 aromatic heterocycles. The summed E-state index contributed by atoms with van der Waals surface area (Å²) in [7, 11) is 1.54. The number of rotatable bonds is 5. The number of halogens is 2. The fourth-order valence-electron chi connectivity index (χ4n) is 2.41. The Kier molecular flexibility index (Phi) is 5.55. The summed E-state index contributed by atoms with van der Waals surface area (Å²) in [5.74, 6) is 0.409. The standard InChI is InChI=1S/C16H19Cl2N3O2/c1-9(21-11(3)16(18)10(2)20-21)7-15(22)19-13-8-12(17)5-6-14(13)23-4/h5-6,8-9H,7H2,1-4H3,(H,19,22)/t9-/m1/s1. The van der Waals surface area contributed by atoms with E-state index in [4.69, 9.17) is 27.9 Å². The highest BCUT2D eigenvalue weighted by Crippen LogP contribution is 2.28. The predicted molar refractivity (Wildman–Crippen MR) is 92.7 cm³/mol. The van der Waals surface area contributed by atoms with Crippen molar-refractivity contribution < 1.29 is 9.53 Å². The number of methoxy groups -OCH3 is 1. The molecule has 1 N–H and O–H groups in total. The number of benzene rings is 1. The number of hydrogen-bond acceptors (Lipinski definition) is 3. The minimum atomic E-state index is -0.151. The molecule has 0 aliphatic rings. The molecule has 0 saturated carbocycles. The summed E-state index contributed by atoms with van der Waals surface area (Å²) >= 11 is 12.1. The van der Waals surface area contributed by atoms with Gasteiger partial charge in [0.15, 0.2) is 0 Å². The van der Waals surface area contributed by atoms with E-state index in [-0.39, 0.29) is 18.4 Å². The number of aryl methyl sites for hydroxylation is 1. The van der Waals surface area contributed by atoms with Crippen molar-refractivity contribution in [2.24, 2.45) is 0 Å². The lowest BCUT2D eigenvalue weighted by molar-refractivity contribution is -0.116. The van der Waals surface area contributed by atoms with Crippen LogP contribution < -0.4 is 10.1 Å². The van der Waals surface area contributed by atoms with Crippen molar-refractivity contribution in [3.05, 3.63) is 39.6 Å². The lowest BCUT2D eigenvalue weighted by Gasteiger charge is -2.15. The number of carbonyl (C=O) groups is 1. The van der Waals surface area contributed by atoms with Crippen LogP contribution in [0.1, 0.15) is 30.8 Å². The highest BCUT2D eigenvalue weighted by molar-refractivity contribution is 6.31. The summed E-state index contributed by atoms with van der Waals surface area (Å²) in [6, 6.07) is 4.95. The molecule has 0 bridgehead atoms. The molecule has 0 radical (unpaired) electrons. The maximum Gasteiger partial charge on any atom is 0.226 e. The Hall–Kier alpha value is -1.72. The van der Waals surface area contributed by atoms with E-state index in [1.54, 1.807) is 30.0 Å². The third-order valence-corrected chi connectivity index (χ3v) is 4.35. The Morgan fingerprint density at radius 3 is 2.65 bits per heavy atom. The molecule has 5 nitrogen and oxygen atoms in total. The first kappa shape index (κ1) is 17.6. The third-order valence-electron chi connectivity index (χ3n) is 3.57. The van der Waals surface area contributed by atoms with E-state index >= 15 is 0 Å². The van der Waals surface area contributed by atoms with Crippen LogP contribution in [0.3, 0.4) is 0 Å². The zero-order valence-corrected chi connectivity index (χ0v) is 15.0. The Morgan fingerprint density at radius 2 is 2.09 bits per heavy atom. The van der Waals surface area contributed by atoms with Crippen molar-refractivity contribution in [2.45, 2.75) is 33.2 Å². The SMILES string of the molecule is COc1ccc(Cl)cc1NC(=O)C[C@@H](C)n1nc(C)c(Cl)c1C. The van der Waals surface area contributed by atoms with Crippen LogP contribution in [0.4, 0.5) is 5.69 Å². The highest BCUT2D eigenvalue weighted by Gasteiger charge is 2.18. The molecule has 0 spiro atoms. The molecule has 1 atom stereocenters. The van der Waals surface area contributed by atoms with E-state index in [2.05, 4.69) is 10.4 Å². The average Bonchev–Trinajstić information content (AvgIpc) is 2.75. The topological polar surface area (TPSA) is 56.1 Å². The molecular weight excluding hydrogens is 337 g/mol. The van der Waals surface area contributed by atoms with Crippen LogP contribution in [0.25, 0.3) is 0 Å². The molecule has 0 aliphatic heterocycles.